The second-order valence-electron chi connectivity index (χ2n) is 2.84. The molecule has 0 unspecified atom stereocenters. The van der Waals surface area contributed by atoms with Gasteiger partial charge in [-0.3, -0.25) is 4.90 Å². The van der Waals surface area contributed by atoms with Crippen molar-refractivity contribution in [3.63, 3.8) is 0 Å². The number of hydrogen-bond donors (Lipinski definition) is 1. The van der Waals surface area contributed by atoms with Crippen molar-refractivity contribution in [2.75, 3.05) is 32.8 Å². The third-order valence-electron chi connectivity index (χ3n) is 1.88. The van der Waals surface area contributed by atoms with Crippen LogP contribution in [-0.2, 0) is 4.74 Å². The van der Waals surface area contributed by atoms with Crippen molar-refractivity contribution in [3.8, 4) is 6.07 Å². The number of nitrogens with two attached hydrogens (primary N) is 1. The predicted molar refractivity (Wildman–Crippen MR) is 49.9 cm³/mol. The van der Waals surface area contributed by atoms with Crippen molar-refractivity contribution in [1.29, 1.82) is 5.26 Å². The summed E-state index contributed by atoms with van der Waals surface area (Å²) < 4.78 is 5.17. The van der Waals surface area contributed by atoms with E-state index >= 15 is 0 Å². The summed E-state index contributed by atoms with van der Waals surface area (Å²) in [4.78, 5) is 2.11. The highest BCUT2D eigenvalue weighted by Crippen LogP contribution is 2.06. The Morgan fingerprint density at radius 2 is 2.15 bits per heavy atom. The zero-order valence-corrected chi connectivity index (χ0v) is 8.05. The van der Waals surface area contributed by atoms with Gasteiger partial charge in [-0.25, -0.2) is 0 Å². The highest BCUT2D eigenvalue weighted by Gasteiger charge is 2.12. The standard InChI is InChI=1S/C8H12ClN3O/c9-7(5-10)8(11)6-12-1-3-13-4-2-12/h1-4,6,11H2/b8-7+. The maximum absolute atomic E-state index is 8.47. The molecule has 0 saturated carbocycles. The van der Waals surface area contributed by atoms with Crippen LogP contribution >= 0.6 is 11.6 Å². The van der Waals surface area contributed by atoms with E-state index in [0.717, 1.165) is 26.3 Å². The third-order valence-corrected chi connectivity index (χ3v) is 2.20. The van der Waals surface area contributed by atoms with Crippen LogP contribution in [0.5, 0.6) is 0 Å². The average Bonchev–Trinajstić information content (AvgIpc) is 2.18. The van der Waals surface area contributed by atoms with E-state index in [1.165, 1.54) is 0 Å². The molecule has 0 spiro atoms. The number of allylic oxidation sites excluding steroid dienone is 1. The first-order valence-electron chi connectivity index (χ1n) is 4.08. The lowest BCUT2D eigenvalue weighted by molar-refractivity contribution is 0.0421. The maximum Gasteiger partial charge on any atom is 0.138 e. The fraction of sp³-hybridized carbons (Fsp3) is 0.625. The molecule has 0 aromatic carbocycles. The van der Waals surface area contributed by atoms with Crippen LogP contribution < -0.4 is 5.73 Å². The second kappa shape index (κ2) is 5.07. The molecular formula is C8H12ClN3O. The second-order valence-corrected chi connectivity index (χ2v) is 3.22. The van der Waals surface area contributed by atoms with Gasteiger partial charge in [-0.05, 0) is 0 Å². The molecule has 5 heteroatoms. The van der Waals surface area contributed by atoms with Crippen LogP contribution in [0.25, 0.3) is 0 Å². The van der Waals surface area contributed by atoms with Crippen molar-refractivity contribution in [2.45, 2.75) is 0 Å². The summed E-state index contributed by atoms with van der Waals surface area (Å²) in [7, 11) is 0. The average molecular weight is 202 g/mol. The molecule has 0 amide bonds. The number of hydrogen-bond acceptors (Lipinski definition) is 4. The van der Waals surface area contributed by atoms with Crippen LogP contribution in [0.2, 0.25) is 0 Å². The van der Waals surface area contributed by atoms with E-state index in [9.17, 15) is 0 Å². The van der Waals surface area contributed by atoms with E-state index in [1.807, 2.05) is 6.07 Å². The first-order valence-corrected chi connectivity index (χ1v) is 4.46. The van der Waals surface area contributed by atoms with Crippen molar-refractivity contribution < 1.29 is 4.74 Å². The quantitative estimate of drug-likeness (QED) is 0.651. The Morgan fingerprint density at radius 3 is 2.69 bits per heavy atom. The molecule has 0 aromatic heterocycles. The minimum Gasteiger partial charge on any atom is -0.399 e. The molecule has 1 rings (SSSR count). The maximum atomic E-state index is 8.47. The van der Waals surface area contributed by atoms with E-state index in [2.05, 4.69) is 4.90 Å². The van der Waals surface area contributed by atoms with Crippen LogP contribution in [-0.4, -0.2) is 37.7 Å². The number of nitriles is 1. The van der Waals surface area contributed by atoms with Crippen molar-refractivity contribution in [2.24, 2.45) is 5.73 Å². The Balaban J connectivity index is 2.44. The van der Waals surface area contributed by atoms with Crippen molar-refractivity contribution >= 4 is 11.6 Å². The number of ether oxygens (including phenoxy) is 1. The molecular weight excluding hydrogens is 190 g/mol. The zero-order valence-electron chi connectivity index (χ0n) is 7.29. The number of morpholine rings is 1. The Morgan fingerprint density at radius 1 is 1.54 bits per heavy atom. The highest BCUT2D eigenvalue weighted by atomic mass is 35.5. The van der Waals surface area contributed by atoms with E-state index in [-0.39, 0.29) is 5.03 Å². The SMILES string of the molecule is N#C/C(Cl)=C(\N)CN1CCOCC1. The minimum atomic E-state index is 0.0893. The summed E-state index contributed by atoms with van der Waals surface area (Å²) in [5.74, 6) is 0. The van der Waals surface area contributed by atoms with Gasteiger partial charge in [0, 0.05) is 19.6 Å². The Labute approximate surface area is 82.5 Å². The zero-order chi connectivity index (χ0) is 9.68. The van der Waals surface area contributed by atoms with Gasteiger partial charge in [-0.2, -0.15) is 5.26 Å². The summed E-state index contributed by atoms with van der Waals surface area (Å²) in [6.45, 7) is 3.68. The summed E-state index contributed by atoms with van der Waals surface area (Å²) in [6, 6.07) is 1.82. The molecule has 1 heterocycles. The van der Waals surface area contributed by atoms with Gasteiger partial charge in [0.05, 0.1) is 18.9 Å². The van der Waals surface area contributed by atoms with Gasteiger partial charge in [0.15, 0.2) is 0 Å². The Bertz CT molecular complexity index is 240. The molecule has 72 valence electrons. The van der Waals surface area contributed by atoms with Gasteiger partial charge in [0.1, 0.15) is 11.1 Å². The first-order chi connectivity index (χ1) is 6.24. The number of halogens is 1. The monoisotopic (exact) mass is 201 g/mol. The van der Waals surface area contributed by atoms with Crippen LogP contribution in [0.1, 0.15) is 0 Å². The molecule has 0 aliphatic carbocycles. The Hall–Kier alpha value is -0.760. The number of nitrogens with zero attached hydrogens (tertiary/aromatic N) is 2. The van der Waals surface area contributed by atoms with Gasteiger partial charge >= 0.3 is 0 Å². The largest absolute Gasteiger partial charge is 0.399 e. The predicted octanol–water partition coefficient (Wildman–Crippen LogP) is 0.251. The van der Waals surface area contributed by atoms with Gasteiger partial charge in [-0.15, -0.1) is 0 Å². The molecule has 13 heavy (non-hydrogen) atoms. The molecule has 1 aliphatic heterocycles. The smallest absolute Gasteiger partial charge is 0.138 e. The van der Waals surface area contributed by atoms with E-state index in [0.29, 0.717) is 12.2 Å². The third kappa shape index (κ3) is 3.23. The summed E-state index contributed by atoms with van der Waals surface area (Å²) >= 11 is 5.57. The van der Waals surface area contributed by atoms with Crippen LogP contribution in [0.4, 0.5) is 0 Å². The lowest BCUT2D eigenvalue weighted by atomic mass is 10.3. The van der Waals surface area contributed by atoms with Gasteiger partial charge < -0.3 is 10.5 Å². The highest BCUT2D eigenvalue weighted by molar-refractivity contribution is 6.32. The van der Waals surface area contributed by atoms with E-state index < -0.39 is 0 Å². The van der Waals surface area contributed by atoms with Crippen molar-refractivity contribution in [3.05, 3.63) is 10.7 Å². The van der Waals surface area contributed by atoms with E-state index in [1.54, 1.807) is 0 Å². The molecule has 2 N–H and O–H groups in total. The van der Waals surface area contributed by atoms with E-state index in [4.69, 9.17) is 27.3 Å². The number of rotatable bonds is 2. The van der Waals surface area contributed by atoms with Gasteiger partial charge in [0.2, 0.25) is 0 Å². The summed E-state index contributed by atoms with van der Waals surface area (Å²) in [6.07, 6.45) is 0. The van der Waals surface area contributed by atoms with Crippen LogP contribution in [0.3, 0.4) is 0 Å². The summed E-state index contributed by atoms with van der Waals surface area (Å²) in [5.41, 5.74) is 6.04. The topological polar surface area (TPSA) is 62.3 Å². The fourth-order valence-corrected chi connectivity index (χ4v) is 1.20. The van der Waals surface area contributed by atoms with Crippen LogP contribution in [0.15, 0.2) is 10.7 Å². The van der Waals surface area contributed by atoms with Crippen LogP contribution in [0, 0.1) is 11.3 Å². The fourth-order valence-electron chi connectivity index (χ4n) is 1.14. The lowest BCUT2D eigenvalue weighted by Gasteiger charge is -2.26. The molecule has 1 fully saturated rings. The summed E-state index contributed by atoms with van der Waals surface area (Å²) in [5, 5.41) is 8.56. The lowest BCUT2D eigenvalue weighted by Crippen LogP contribution is -2.38. The minimum absolute atomic E-state index is 0.0893. The molecule has 4 nitrogen and oxygen atoms in total. The Kier molecular flexibility index (Phi) is 4.03. The normalized spacial score (nSPS) is 20.6. The molecule has 1 aliphatic rings. The molecule has 0 radical (unpaired) electrons. The van der Waals surface area contributed by atoms with Gasteiger partial charge in [0.25, 0.3) is 0 Å². The molecule has 0 bridgehead atoms. The molecule has 1 saturated heterocycles. The van der Waals surface area contributed by atoms with Crippen molar-refractivity contribution in [1.82, 2.24) is 4.90 Å². The molecule has 0 aromatic rings. The van der Waals surface area contributed by atoms with Gasteiger partial charge in [-0.1, -0.05) is 11.6 Å². The molecule has 0 atom stereocenters. The first kappa shape index (κ1) is 10.3.